The van der Waals surface area contributed by atoms with Gasteiger partial charge in [-0.25, -0.2) is 0 Å². The van der Waals surface area contributed by atoms with Crippen LogP contribution in [0, 0.1) is 11.8 Å². The third kappa shape index (κ3) is 5.11. The van der Waals surface area contributed by atoms with Crippen LogP contribution in [0.1, 0.15) is 33.1 Å². The number of anilines is 1. The van der Waals surface area contributed by atoms with E-state index in [0.29, 0.717) is 54.0 Å². The Labute approximate surface area is 147 Å². The number of piperidine rings is 1. The summed E-state index contributed by atoms with van der Waals surface area (Å²) in [7, 11) is 0. The maximum atomic E-state index is 12.4. The molecule has 0 unspecified atom stereocenters. The summed E-state index contributed by atoms with van der Waals surface area (Å²) in [5.74, 6) is 0.364. The maximum Gasteiger partial charge on any atom is 0.227 e. The maximum absolute atomic E-state index is 12.4. The largest absolute Gasteiger partial charge is 0.343 e. The monoisotopic (exact) mass is 356 g/mol. The lowest BCUT2D eigenvalue weighted by Crippen LogP contribution is -2.41. The molecule has 0 aliphatic carbocycles. The summed E-state index contributed by atoms with van der Waals surface area (Å²) in [5, 5.41) is 3.83. The van der Waals surface area contributed by atoms with Crippen molar-refractivity contribution in [2.24, 2.45) is 11.8 Å². The molecule has 1 aliphatic heterocycles. The molecule has 1 aliphatic rings. The molecule has 4 nitrogen and oxygen atoms in total. The lowest BCUT2D eigenvalue weighted by atomic mass is 9.95. The zero-order chi connectivity index (χ0) is 17.0. The first-order valence-corrected chi connectivity index (χ1v) is 8.66. The third-order valence-corrected chi connectivity index (χ3v) is 4.55. The Kier molecular flexibility index (Phi) is 6.31. The second kappa shape index (κ2) is 8.02. The summed E-state index contributed by atoms with van der Waals surface area (Å²) in [5.41, 5.74) is 0.530. The molecule has 0 saturated carbocycles. The van der Waals surface area contributed by atoms with Gasteiger partial charge in [0.25, 0.3) is 0 Å². The Balaban J connectivity index is 1.88. The number of nitrogens with zero attached hydrogens (tertiary/aromatic N) is 1. The van der Waals surface area contributed by atoms with Gasteiger partial charge in [-0.1, -0.05) is 37.0 Å². The molecule has 0 bridgehead atoms. The van der Waals surface area contributed by atoms with E-state index in [1.54, 1.807) is 18.2 Å². The number of carbonyl (C=O) groups excluding carboxylic acids is 2. The molecule has 2 amide bonds. The molecule has 126 valence electrons. The number of halogens is 2. The number of hydrogen-bond acceptors (Lipinski definition) is 2. The first-order chi connectivity index (χ1) is 10.9. The van der Waals surface area contributed by atoms with Crippen LogP contribution >= 0.6 is 23.2 Å². The van der Waals surface area contributed by atoms with Gasteiger partial charge in [-0.15, -0.1) is 0 Å². The second-order valence-electron chi connectivity index (χ2n) is 6.37. The van der Waals surface area contributed by atoms with E-state index >= 15 is 0 Å². The molecule has 6 heteroatoms. The molecule has 2 rings (SSSR count). The molecule has 1 N–H and O–H groups in total. The lowest BCUT2D eigenvalue weighted by molar-refractivity contribution is -0.135. The van der Waals surface area contributed by atoms with Crippen LogP contribution in [0.15, 0.2) is 18.2 Å². The van der Waals surface area contributed by atoms with Crippen molar-refractivity contribution in [3.8, 4) is 0 Å². The molecule has 0 aromatic heterocycles. The number of benzene rings is 1. The van der Waals surface area contributed by atoms with E-state index in [0.717, 1.165) is 0 Å². The van der Waals surface area contributed by atoms with Gasteiger partial charge < -0.3 is 10.2 Å². The van der Waals surface area contributed by atoms with Crippen LogP contribution < -0.4 is 5.32 Å². The van der Waals surface area contributed by atoms with E-state index < -0.39 is 0 Å². The average Bonchev–Trinajstić information content (AvgIpc) is 2.50. The van der Waals surface area contributed by atoms with Crippen LogP contribution in [-0.2, 0) is 9.59 Å². The van der Waals surface area contributed by atoms with Crippen LogP contribution in [-0.4, -0.2) is 29.8 Å². The van der Waals surface area contributed by atoms with Gasteiger partial charge in [-0.2, -0.15) is 0 Å². The highest BCUT2D eigenvalue weighted by Gasteiger charge is 2.27. The summed E-state index contributed by atoms with van der Waals surface area (Å²) in [6.45, 7) is 5.33. The topological polar surface area (TPSA) is 49.4 Å². The zero-order valence-corrected chi connectivity index (χ0v) is 15.0. The summed E-state index contributed by atoms with van der Waals surface area (Å²) in [6.07, 6.45) is 1.91. The predicted molar refractivity (Wildman–Crippen MR) is 93.9 cm³/mol. The quantitative estimate of drug-likeness (QED) is 0.877. The highest BCUT2D eigenvalue weighted by atomic mass is 35.5. The van der Waals surface area contributed by atoms with Crippen molar-refractivity contribution in [3.05, 3.63) is 28.2 Å². The molecule has 0 atom stereocenters. The van der Waals surface area contributed by atoms with Crippen LogP contribution in [0.5, 0.6) is 0 Å². The van der Waals surface area contributed by atoms with Gasteiger partial charge >= 0.3 is 0 Å². The van der Waals surface area contributed by atoms with Crippen LogP contribution in [0.4, 0.5) is 5.69 Å². The van der Waals surface area contributed by atoms with Gasteiger partial charge in [0.1, 0.15) is 0 Å². The first-order valence-electron chi connectivity index (χ1n) is 7.90. The standard InChI is InChI=1S/C17H22Cl2N2O2/c1-11(2)9-16(22)21-7-5-12(6-8-21)17(23)20-15-10-13(18)3-4-14(15)19/h3-4,10-12H,5-9H2,1-2H3,(H,20,23). The molecular formula is C17H22Cl2N2O2. The van der Waals surface area contributed by atoms with E-state index in [-0.39, 0.29) is 17.7 Å². The minimum Gasteiger partial charge on any atom is -0.343 e. The average molecular weight is 357 g/mol. The van der Waals surface area contributed by atoms with Crippen molar-refractivity contribution in [3.63, 3.8) is 0 Å². The van der Waals surface area contributed by atoms with Crippen molar-refractivity contribution < 1.29 is 9.59 Å². The predicted octanol–water partition coefficient (Wildman–Crippen LogP) is 4.22. The van der Waals surface area contributed by atoms with Crippen LogP contribution in [0.25, 0.3) is 0 Å². The van der Waals surface area contributed by atoms with Gasteiger partial charge in [-0.05, 0) is 37.0 Å². The summed E-state index contributed by atoms with van der Waals surface area (Å²) < 4.78 is 0. The minimum absolute atomic E-state index is 0.0647. The number of rotatable bonds is 4. The first kappa shape index (κ1) is 18.1. The van der Waals surface area contributed by atoms with E-state index in [1.807, 2.05) is 18.7 Å². The van der Waals surface area contributed by atoms with Gasteiger partial charge in [0.05, 0.1) is 10.7 Å². The van der Waals surface area contributed by atoms with Crippen molar-refractivity contribution in [2.75, 3.05) is 18.4 Å². The molecule has 1 aromatic carbocycles. The van der Waals surface area contributed by atoms with E-state index in [9.17, 15) is 9.59 Å². The summed E-state index contributed by atoms with van der Waals surface area (Å²) >= 11 is 12.0. The number of hydrogen-bond donors (Lipinski definition) is 1. The Morgan fingerprint density at radius 3 is 2.52 bits per heavy atom. The number of amides is 2. The zero-order valence-electron chi connectivity index (χ0n) is 13.4. The Morgan fingerprint density at radius 1 is 1.26 bits per heavy atom. The lowest BCUT2D eigenvalue weighted by Gasteiger charge is -2.32. The Morgan fingerprint density at radius 2 is 1.91 bits per heavy atom. The molecule has 1 saturated heterocycles. The molecule has 0 spiro atoms. The normalized spacial score (nSPS) is 15.8. The third-order valence-electron chi connectivity index (χ3n) is 3.99. The number of carbonyl (C=O) groups is 2. The molecule has 1 aromatic rings. The van der Waals surface area contributed by atoms with Gasteiger partial charge in [0, 0.05) is 30.5 Å². The van der Waals surface area contributed by atoms with Crippen molar-refractivity contribution in [1.82, 2.24) is 4.90 Å². The van der Waals surface area contributed by atoms with Gasteiger partial charge in [-0.3, -0.25) is 9.59 Å². The Hall–Kier alpha value is -1.26. The number of likely N-dealkylation sites (tertiary alicyclic amines) is 1. The van der Waals surface area contributed by atoms with E-state index in [1.165, 1.54) is 0 Å². The Bertz CT molecular complexity index is 582. The van der Waals surface area contributed by atoms with Gasteiger partial charge in [0.15, 0.2) is 0 Å². The van der Waals surface area contributed by atoms with E-state index in [2.05, 4.69) is 5.32 Å². The smallest absolute Gasteiger partial charge is 0.227 e. The van der Waals surface area contributed by atoms with Crippen LogP contribution in [0.2, 0.25) is 10.0 Å². The molecule has 0 radical (unpaired) electrons. The fraction of sp³-hybridized carbons (Fsp3) is 0.529. The van der Waals surface area contributed by atoms with Crippen LogP contribution in [0.3, 0.4) is 0 Å². The van der Waals surface area contributed by atoms with E-state index in [4.69, 9.17) is 23.2 Å². The van der Waals surface area contributed by atoms with Crippen molar-refractivity contribution >= 4 is 40.7 Å². The highest BCUT2D eigenvalue weighted by molar-refractivity contribution is 6.35. The van der Waals surface area contributed by atoms with Crippen molar-refractivity contribution in [2.45, 2.75) is 33.1 Å². The molecule has 23 heavy (non-hydrogen) atoms. The van der Waals surface area contributed by atoms with Crippen molar-refractivity contribution in [1.29, 1.82) is 0 Å². The highest BCUT2D eigenvalue weighted by Crippen LogP contribution is 2.27. The fourth-order valence-electron chi connectivity index (χ4n) is 2.70. The molecular weight excluding hydrogens is 335 g/mol. The SMILES string of the molecule is CC(C)CC(=O)N1CCC(C(=O)Nc2cc(Cl)ccc2Cl)CC1. The second-order valence-corrected chi connectivity index (χ2v) is 7.21. The molecule has 1 heterocycles. The summed E-state index contributed by atoms with van der Waals surface area (Å²) in [4.78, 5) is 26.3. The minimum atomic E-state index is -0.104. The molecule has 1 fully saturated rings. The summed E-state index contributed by atoms with van der Waals surface area (Å²) in [6, 6.07) is 4.98. The number of nitrogens with one attached hydrogen (secondary N) is 1. The van der Waals surface area contributed by atoms with Gasteiger partial charge in [0.2, 0.25) is 11.8 Å². The fourth-order valence-corrected chi connectivity index (χ4v) is 3.03.